The van der Waals surface area contributed by atoms with Gasteiger partial charge in [0.2, 0.25) is 0 Å². The van der Waals surface area contributed by atoms with Crippen LogP contribution in [0.4, 0.5) is 16.2 Å². The Bertz CT molecular complexity index is 2210. The van der Waals surface area contributed by atoms with Crippen molar-refractivity contribution in [3.63, 3.8) is 0 Å². The highest BCUT2D eigenvalue weighted by Gasteiger charge is 2.39. The van der Waals surface area contributed by atoms with Gasteiger partial charge in [-0.3, -0.25) is 15.0 Å². The lowest BCUT2D eigenvalue weighted by Gasteiger charge is -2.44. The van der Waals surface area contributed by atoms with E-state index >= 15 is 0 Å². The number of non-ortho nitro benzene ring substituents is 1. The Labute approximate surface area is 350 Å². The van der Waals surface area contributed by atoms with Crippen molar-refractivity contribution in [1.82, 2.24) is 15.5 Å². The molecular formula is C47H51N5O8. The van der Waals surface area contributed by atoms with E-state index in [1.54, 1.807) is 12.1 Å². The third kappa shape index (κ3) is 10.5. The minimum atomic E-state index is -0.836. The zero-order valence-corrected chi connectivity index (χ0v) is 33.8. The van der Waals surface area contributed by atoms with E-state index in [1.165, 1.54) is 7.11 Å². The number of nitrogens with one attached hydrogen (secondary N) is 2. The summed E-state index contributed by atoms with van der Waals surface area (Å²) >= 11 is 0. The number of rotatable bonds is 14. The first-order chi connectivity index (χ1) is 29.2. The molecule has 60 heavy (non-hydrogen) atoms. The Morgan fingerprint density at radius 2 is 1.50 bits per heavy atom. The van der Waals surface area contributed by atoms with Crippen molar-refractivity contribution in [2.45, 2.75) is 51.0 Å². The van der Waals surface area contributed by atoms with E-state index < -0.39 is 24.3 Å². The van der Waals surface area contributed by atoms with Crippen LogP contribution >= 0.6 is 0 Å². The number of anilines is 1. The predicted molar refractivity (Wildman–Crippen MR) is 228 cm³/mol. The summed E-state index contributed by atoms with van der Waals surface area (Å²) in [4.78, 5) is 40.9. The van der Waals surface area contributed by atoms with Crippen LogP contribution in [0.2, 0.25) is 0 Å². The monoisotopic (exact) mass is 813 g/mol. The van der Waals surface area contributed by atoms with E-state index in [9.17, 15) is 24.8 Å². The maximum atomic E-state index is 13.0. The average Bonchev–Trinajstić information content (AvgIpc) is 3.29. The molecule has 0 spiro atoms. The standard InChI is InChI=1S/C47H51N5O8/c1-32-43(30-50-22-24-51(25-23-50)40-18-20-41(21-19-40)52(56)57)59-46(60-44(32)36-16-14-34(31-53)15-17-36)39-13-7-12-38(28-39)37-11-6-10-35(26-37)29-48-47(55)49-42(45(54)58-2)27-33-8-4-3-5-9-33/h3-21,26,28,32,42-44,46,53H,22-25,27,29-31H2,1-2H3,(H2,48,49,55)/t32-,42-,43+,44+,46+/m0/s1. The highest BCUT2D eigenvalue weighted by Crippen LogP contribution is 2.42. The van der Waals surface area contributed by atoms with Gasteiger partial charge in [0, 0.05) is 75.0 Å². The number of esters is 1. The number of benzene rings is 5. The van der Waals surface area contributed by atoms with Gasteiger partial charge in [-0.15, -0.1) is 0 Å². The number of nitrogens with zero attached hydrogens (tertiary/aromatic N) is 3. The molecular weight excluding hydrogens is 763 g/mol. The summed E-state index contributed by atoms with van der Waals surface area (Å²) in [6.07, 6.45) is -0.769. The zero-order chi connectivity index (χ0) is 42.0. The molecule has 2 saturated heterocycles. The summed E-state index contributed by atoms with van der Waals surface area (Å²) in [6.45, 7) is 6.26. The van der Waals surface area contributed by atoms with E-state index in [0.29, 0.717) is 13.0 Å². The Balaban J connectivity index is 1.03. The molecule has 0 unspecified atom stereocenters. The lowest BCUT2D eigenvalue weighted by Crippen LogP contribution is -2.51. The molecule has 13 nitrogen and oxygen atoms in total. The minimum Gasteiger partial charge on any atom is -0.467 e. The van der Waals surface area contributed by atoms with Gasteiger partial charge < -0.3 is 34.9 Å². The molecule has 13 heteroatoms. The molecule has 0 radical (unpaired) electrons. The Hall–Kier alpha value is -6.12. The van der Waals surface area contributed by atoms with Crippen LogP contribution in [-0.2, 0) is 38.6 Å². The number of methoxy groups -OCH3 is 1. The highest BCUT2D eigenvalue weighted by molar-refractivity contribution is 5.83. The third-order valence-electron chi connectivity index (χ3n) is 11.3. The van der Waals surface area contributed by atoms with Crippen molar-refractivity contribution in [2.75, 3.05) is 44.7 Å². The van der Waals surface area contributed by atoms with Crippen molar-refractivity contribution in [3.05, 3.63) is 165 Å². The first-order valence-corrected chi connectivity index (χ1v) is 20.2. The van der Waals surface area contributed by atoms with Crippen LogP contribution in [0, 0.1) is 16.0 Å². The Morgan fingerprint density at radius 1 is 0.817 bits per heavy atom. The van der Waals surface area contributed by atoms with E-state index in [4.69, 9.17) is 14.2 Å². The van der Waals surface area contributed by atoms with Gasteiger partial charge in [0.15, 0.2) is 6.29 Å². The molecule has 2 aliphatic rings. The largest absolute Gasteiger partial charge is 0.467 e. The maximum absolute atomic E-state index is 13.0. The zero-order valence-electron chi connectivity index (χ0n) is 33.8. The Kier molecular flexibility index (Phi) is 13.8. The number of aliphatic hydroxyl groups excluding tert-OH is 1. The van der Waals surface area contributed by atoms with E-state index in [1.807, 2.05) is 109 Å². The van der Waals surface area contributed by atoms with Crippen LogP contribution in [0.1, 0.15) is 47.1 Å². The van der Waals surface area contributed by atoms with E-state index in [0.717, 1.165) is 70.8 Å². The van der Waals surface area contributed by atoms with Gasteiger partial charge in [0.1, 0.15) is 6.04 Å². The lowest BCUT2D eigenvalue weighted by molar-refractivity contribution is -0.384. The number of piperazine rings is 1. The molecule has 0 bridgehead atoms. The molecule has 312 valence electrons. The molecule has 0 saturated carbocycles. The van der Waals surface area contributed by atoms with Gasteiger partial charge in [0.25, 0.3) is 5.69 Å². The number of aliphatic hydroxyl groups is 1. The fourth-order valence-corrected chi connectivity index (χ4v) is 7.86. The van der Waals surface area contributed by atoms with Gasteiger partial charge in [-0.2, -0.15) is 0 Å². The van der Waals surface area contributed by atoms with Gasteiger partial charge in [-0.1, -0.05) is 97.9 Å². The summed E-state index contributed by atoms with van der Waals surface area (Å²) in [5.74, 6) is -0.507. The molecule has 0 aromatic heterocycles. The molecule has 7 rings (SSSR count). The molecule has 2 aliphatic heterocycles. The van der Waals surface area contributed by atoms with Crippen LogP contribution in [-0.4, -0.2) is 78.9 Å². The fraction of sp³-hybridized carbons (Fsp3) is 0.319. The van der Waals surface area contributed by atoms with E-state index in [-0.39, 0.29) is 41.9 Å². The quantitative estimate of drug-likeness (QED) is 0.0610. The maximum Gasteiger partial charge on any atom is 0.328 e. The van der Waals surface area contributed by atoms with Crippen LogP contribution in [0.15, 0.2) is 127 Å². The number of nitro groups is 1. The number of ether oxygens (including phenoxy) is 3. The van der Waals surface area contributed by atoms with Gasteiger partial charge in [0.05, 0.1) is 30.8 Å². The first kappa shape index (κ1) is 42.0. The second kappa shape index (κ2) is 19.8. The number of nitro benzene ring substituents is 1. The summed E-state index contributed by atoms with van der Waals surface area (Å²) in [7, 11) is 1.30. The van der Waals surface area contributed by atoms with Crippen molar-refractivity contribution in [3.8, 4) is 11.1 Å². The first-order valence-electron chi connectivity index (χ1n) is 20.2. The molecule has 2 heterocycles. The number of carbonyl (C=O) groups is 2. The number of hydrogen-bond donors (Lipinski definition) is 3. The Morgan fingerprint density at radius 3 is 2.18 bits per heavy atom. The van der Waals surface area contributed by atoms with E-state index in [2.05, 4.69) is 33.4 Å². The molecule has 5 aromatic rings. The summed E-state index contributed by atoms with van der Waals surface area (Å²) in [5.41, 5.74) is 7.47. The van der Waals surface area contributed by atoms with Crippen molar-refractivity contribution in [2.24, 2.45) is 5.92 Å². The van der Waals surface area contributed by atoms with Crippen molar-refractivity contribution >= 4 is 23.4 Å². The molecule has 3 N–H and O–H groups in total. The number of amides is 2. The lowest BCUT2D eigenvalue weighted by atomic mass is 9.89. The summed E-state index contributed by atoms with van der Waals surface area (Å²) in [5, 5.41) is 26.5. The second-order valence-corrected chi connectivity index (χ2v) is 15.3. The normalized spacial score (nSPS) is 19.9. The van der Waals surface area contributed by atoms with Crippen molar-refractivity contribution < 1.29 is 33.8 Å². The predicted octanol–water partition coefficient (Wildman–Crippen LogP) is 6.95. The smallest absolute Gasteiger partial charge is 0.328 e. The van der Waals surface area contributed by atoms with Gasteiger partial charge in [-0.25, -0.2) is 9.59 Å². The molecule has 0 aliphatic carbocycles. The molecule has 2 amide bonds. The number of hydrogen-bond acceptors (Lipinski definition) is 10. The molecule has 2 fully saturated rings. The SMILES string of the molecule is COC(=O)[C@H](Cc1ccccc1)NC(=O)NCc1cccc(-c2cccc([C@@H]3O[C@H](CN4CCN(c5ccc([N+](=O)[O-])cc5)CC4)[C@H](C)[C@H](c4ccc(CO)cc4)O3)c2)c1. The van der Waals surface area contributed by atoms with Crippen LogP contribution < -0.4 is 15.5 Å². The van der Waals surface area contributed by atoms with Crippen LogP contribution in [0.3, 0.4) is 0 Å². The summed E-state index contributed by atoms with van der Waals surface area (Å²) < 4.78 is 18.6. The molecule has 5 aromatic carbocycles. The minimum absolute atomic E-state index is 0.0136. The topological polar surface area (TPSA) is 156 Å². The van der Waals surface area contributed by atoms with Crippen LogP contribution in [0.25, 0.3) is 11.1 Å². The molecule has 5 atom stereocenters. The summed E-state index contributed by atoms with van der Waals surface area (Å²) in [6, 6.07) is 38.8. The number of urea groups is 1. The fourth-order valence-electron chi connectivity index (χ4n) is 7.86. The number of carbonyl (C=O) groups excluding carboxylic acids is 2. The average molecular weight is 814 g/mol. The van der Waals surface area contributed by atoms with Gasteiger partial charge >= 0.3 is 12.0 Å². The third-order valence-corrected chi connectivity index (χ3v) is 11.3. The second-order valence-electron chi connectivity index (χ2n) is 15.3. The van der Waals surface area contributed by atoms with Crippen molar-refractivity contribution in [1.29, 1.82) is 0 Å². The highest BCUT2D eigenvalue weighted by atomic mass is 16.7. The van der Waals surface area contributed by atoms with Crippen LogP contribution in [0.5, 0.6) is 0 Å². The van der Waals surface area contributed by atoms with Gasteiger partial charge in [-0.05, 0) is 57.6 Å².